The van der Waals surface area contributed by atoms with Gasteiger partial charge in [0.1, 0.15) is 5.82 Å². The molecule has 0 aliphatic rings. The van der Waals surface area contributed by atoms with Crippen LogP contribution in [0, 0.1) is 24.4 Å². The molecule has 0 saturated carbocycles. The highest BCUT2D eigenvalue weighted by molar-refractivity contribution is 9.10. The van der Waals surface area contributed by atoms with E-state index in [4.69, 9.17) is 0 Å². The molecule has 2 aromatic rings. The second kappa shape index (κ2) is 4.97. The fourth-order valence-electron chi connectivity index (χ4n) is 1.44. The standard InChI is InChI=1S/C12H8BrF3N2/c1-6-2-7(13)5-17-12(6)18-8-3-9(14)11(16)10(15)4-8/h2-5H,1H3,(H,17,18). The van der Waals surface area contributed by atoms with Crippen molar-refractivity contribution in [3.05, 3.63) is 51.9 Å². The number of hydrogen-bond donors (Lipinski definition) is 1. The van der Waals surface area contributed by atoms with Crippen LogP contribution in [-0.4, -0.2) is 4.98 Å². The molecule has 0 radical (unpaired) electrons. The van der Waals surface area contributed by atoms with Crippen LogP contribution in [0.1, 0.15) is 5.56 Å². The van der Waals surface area contributed by atoms with Gasteiger partial charge in [-0.2, -0.15) is 0 Å². The number of hydrogen-bond acceptors (Lipinski definition) is 2. The zero-order valence-electron chi connectivity index (χ0n) is 9.27. The average molecular weight is 317 g/mol. The molecule has 1 aromatic carbocycles. The molecule has 0 unspecified atom stereocenters. The van der Waals surface area contributed by atoms with Gasteiger partial charge in [-0.15, -0.1) is 0 Å². The molecule has 0 aliphatic carbocycles. The molecule has 2 nitrogen and oxygen atoms in total. The Morgan fingerprint density at radius 1 is 1.11 bits per heavy atom. The van der Waals surface area contributed by atoms with Gasteiger partial charge in [0.2, 0.25) is 0 Å². The molecule has 0 spiro atoms. The minimum Gasteiger partial charge on any atom is -0.340 e. The summed E-state index contributed by atoms with van der Waals surface area (Å²) in [6.45, 7) is 1.79. The van der Waals surface area contributed by atoms with Crippen molar-refractivity contribution in [3.63, 3.8) is 0 Å². The number of benzene rings is 1. The normalized spacial score (nSPS) is 10.5. The van der Waals surface area contributed by atoms with Crippen LogP contribution < -0.4 is 5.32 Å². The topological polar surface area (TPSA) is 24.9 Å². The first kappa shape index (κ1) is 12.9. The van der Waals surface area contributed by atoms with Gasteiger partial charge >= 0.3 is 0 Å². The van der Waals surface area contributed by atoms with Crippen LogP contribution >= 0.6 is 15.9 Å². The average Bonchev–Trinajstić information content (AvgIpc) is 2.29. The Kier molecular flexibility index (Phi) is 3.56. The van der Waals surface area contributed by atoms with E-state index < -0.39 is 17.5 Å². The van der Waals surface area contributed by atoms with E-state index in [0.717, 1.165) is 22.2 Å². The number of nitrogens with zero attached hydrogens (tertiary/aromatic N) is 1. The van der Waals surface area contributed by atoms with Gasteiger partial charge in [0.05, 0.1) is 0 Å². The number of rotatable bonds is 2. The summed E-state index contributed by atoms with van der Waals surface area (Å²) < 4.78 is 39.6. The Balaban J connectivity index is 2.34. The van der Waals surface area contributed by atoms with E-state index in [9.17, 15) is 13.2 Å². The fourth-order valence-corrected chi connectivity index (χ4v) is 1.88. The van der Waals surface area contributed by atoms with Crippen molar-refractivity contribution in [3.8, 4) is 0 Å². The smallest absolute Gasteiger partial charge is 0.194 e. The van der Waals surface area contributed by atoms with Gasteiger partial charge in [0, 0.05) is 28.5 Å². The first-order valence-electron chi connectivity index (χ1n) is 5.01. The van der Waals surface area contributed by atoms with Crippen LogP contribution in [0.25, 0.3) is 0 Å². The van der Waals surface area contributed by atoms with E-state index in [1.54, 1.807) is 19.2 Å². The highest BCUT2D eigenvalue weighted by Gasteiger charge is 2.11. The van der Waals surface area contributed by atoms with E-state index in [2.05, 4.69) is 26.2 Å². The maximum atomic E-state index is 13.0. The van der Waals surface area contributed by atoms with Crippen molar-refractivity contribution in [2.45, 2.75) is 6.92 Å². The lowest BCUT2D eigenvalue weighted by Gasteiger charge is -2.09. The van der Waals surface area contributed by atoms with Gasteiger partial charge in [0.25, 0.3) is 0 Å². The van der Waals surface area contributed by atoms with Gasteiger partial charge in [-0.25, -0.2) is 18.2 Å². The molecule has 0 amide bonds. The monoisotopic (exact) mass is 316 g/mol. The third kappa shape index (κ3) is 2.64. The zero-order chi connectivity index (χ0) is 13.3. The van der Waals surface area contributed by atoms with E-state index in [1.807, 2.05) is 0 Å². The summed E-state index contributed by atoms with van der Waals surface area (Å²) in [4.78, 5) is 4.06. The molecular weight excluding hydrogens is 309 g/mol. The molecular formula is C12H8BrF3N2. The molecule has 94 valence electrons. The zero-order valence-corrected chi connectivity index (χ0v) is 10.9. The molecule has 0 fully saturated rings. The van der Waals surface area contributed by atoms with Crippen molar-refractivity contribution in [2.75, 3.05) is 5.32 Å². The first-order chi connectivity index (χ1) is 8.47. The number of nitrogens with one attached hydrogen (secondary N) is 1. The summed E-state index contributed by atoms with van der Waals surface area (Å²) in [7, 11) is 0. The number of aromatic nitrogens is 1. The predicted octanol–water partition coefficient (Wildman–Crippen LogP) is 4.31. The van der Waals surface area contributed by atoms with Crippen LogP contribution in [0.15, 0.2) is 28.9 Å². The lowest BCUT2D eigenvalue weighted by atomic mass is 10.2. The second-order valence-corrected chi connectivity index (χ2v) is 4.61. The summed E-state index contributed by atoms with van der Waals surface area (Å²) in [6, 6.07) is 3.55. The Hall–Kier alpha value is -1.56. The van der Waals surface area contributed by atoms with Gasteiger partial charge in [0.15, 0.2) is 17.5 Å². The maximum Gasteiger partial charge on any atom is 0.194 e. The summed E-state index contributed by atoms with van der Waals surface area (Å²) >= 11 is 3.25. The van der Waals surface area contributed by atoms with Crippen LogP contribution in [-0.2, 0) is 0 Å². The van der Waals surface area contributed by atoms with Crippen molar-refractivity contribution < 1.29 is 13.2 Å². The number of aryl methyl sites for hydroxylation is 1. The Morgan fingerprint density at radius 3 is 2.28 bits per heavy atom. The minimum atomic E-state index is -1.49. The van der Waals surface area contributed by atoms with Crippen molar-refractivity contribution in [1.82, 2.24) is 4.98 Å². The van der Waals surface area contributed by atoms with Crippen molar-refractivity contribution >= 4 is 27.4 Å². The highest BCUT2D eigenvalue weighted by Crippen LogP contribution is 2.23. The van der Waals surface area contributed by atoms with E-state index in [1.165, 1.54) is 0 Å². The lowest BCUT2D eigenvalue weighted by molar-refractivity contribution is 0.448. The molecule has 1 aromatic heterocycles. The van der Waals surface area contributed by atoms with Crippen molar-refractivity contribution in [2.24, 2.45) is 0 Å². The minimum absolute atomic E-state index is 0.101. The summed E-state index contributed by atoms with van der Waals surface area (Å²) in [5, 5.41) is 2.73. The van der Waals surface area contributed by atoms with Crippen LogP contribution in [0.5, 0.6) is 0 Å². The largest absolute Gasteiger partial charge is 0.340 e. The highest BCUT2D eigenvalue weighted by atomic mass is 79.9. The molecule has 6 heteroatoms. The molecule has 0 atom stereocenters. The number of pyridine rings is 1. The van der Waals surface area contributed by atoms with Gasteiger partial charge in [-0.1, -0.05) is 0 Å². The fraction of sp³-hybridized carbons (Fsp3) is 0.0833. The quantitative estimate of drug-likeness (QED) is 0.835. The lowest BCUT2D eigenvalue weighted by Crippen LogP contribution is -1.99. The number of anilines is 2. The predicted molar refractivity (Wildman–Crippen MR) is 66.3 cm³/mol. The van der Waals surface area contributed by atoms with Gasteiger partial charge in [-0.3, -0.25) is 0 Å². The SMILES string of the molecule is Cc1cc(Br)cnc1Nc1cc(F)c(F)c(F)c1. The van der Waals surface area contributed by atoms with Crippen LogP contribution in [0.4, 0.5) is 24.7 Å². The third-order valence-electron chi connectivity index (χ3n) is 2.29. The molecule has 0 aliphatic heterocycles. The molecule has 1 N–H and O–H groups in total. The summed E-state index contributed by atoms with van der Waals surface area (Å²) in [5.74, 6) is -3.52. The number of halogens is 4. The van der Waals surface area contributed by atoms with Gasteiger partial charge < -0.3 is 5.32 Å². The van der Waals surface area contributed by atoms with Crippen LogP contribution in [0.3, 0.4) is 0 Å². The second-order valence-electron chi connectivity index (χ2n) is 3.70. The maximum absolute atomic E-state index is 13.0. The molecule has 0 bridgehead atoms. The summed E-state index contributed by atoms with van der Waals surface area (Å²) in [5.41, 5.74) is 0.888. The van der Waals surface area contributed by atoms with Crippen LogP contribution in [0.2, 0.25) is 0 Å². The van der Waals surface area contributed by atoms with Gasteiger partial charge in [-0.05, 0) is 34.5 Å². The van der Waals surface area contributed by atoms with Crippen molar-refractivity contribution in [1.29, 1.82) is 0 Å². The Morgan fingerprint density at radius 2 is 1.72 bits per heavy atom. The van der Waals surface area contributed by atoms with E-state index in [0.29, 0.717) is 5.82 Å². The van der Waals surface area contributed by atoms with E-state index >= 15 is 0 Å². The Labute approximate surface area is 110 Å². The molecule has 1 heterocycles. The summed E-state index contributed by atoms with van der Waals surface area (Å²) in [6.07, 6.45) is 1.55. The Bertz CT molecular complexity index is 579. The molecule has 18 heavy (non-hydrogen) atoms. The molecule has 0 saturated heterocycles. The van der Waals surface area contributed by atoms with E-state index in [-0.39, 0.29) is 5.69 Å². The molecule has 2 rings (SSSR count). The first-order valence-corrected chi connectivity index (χ1v) is 5.80. The third-order valence-corrected chi connectivity index (χ3v) is 2.73.